The minimum atomic E-state index is 0.232. The zero-order chi connectivity index (χ0) is 12.5. The summed E-state index contributed by atoms with van der Waals surface area (Å²) in [6, 6.07) is 7.85. The molecule has 2 heteroatoms. The molecule has 0 aliphatic carbocycles. The Morgan fingerprint density at radius 2 is 1.71 bits per heavy atom. The molecule has 1 nitrogen and oxygen atoms in total. The normalized spacial score (nSPS) is 12.6. The first kappa shape index (κ1) is 14.5. The maximum Gasteiger partial charge on any atom is 0.0499 e. The molecule has 1 rings (SSSR count). The molecule has 1 aromatic carbocycles. The van der Waals surface area contributed by atoms with Gasteiger partial charge in [-0.3, -0.25) is 0 Å². The Morgan fingerprint density at radius 1 is 1.06 bits per heavy atom. The fraction of sp³-hybridized carbons (Fsp3) is 0.600. The maximum absolute atomic E-state index is 9.42. The fourth-order valence-electron chi connectivity index (χ4n) is 2.09. The van der Waals surface area contributed by atoms with Gasteiger partial charge in [-0.05, 0) is 24.1 Å². The Balaban J connectivity index is 2.35. The lowest BCUT2D eigenvalue weighted by Gasteiger charge is -2.14. The van der Waals surface area contributed by atoms with E-state index in [1.807, 2.05) is 24.3 Å². The third-order valence-electron chi connectivity index (χ3n) is 3.22. The van der Waals surface area contributed by atoms with Gasteiger partial charge in [-0.25, -0.2) is 0 Å². The Morgan fingerprint density at radius 3 is 2.29 bits per heavy atom. The van der Waals surface area contributed by atoms with Crippen molar-refractivity contribution in [3.05, 3.63) is 34.9 Å². The van der Waals surface area contributed by atoms with E-state index in [9.17, 15) is 5.11 Å². The number of rotatable bonds is 8. The third-order valence-corrected chi connectivity index (χ3v) is 3.47. The van der Waals surface area contributed by atoms with Crippen molar-refractivity contribution in [1.82, 2.24) is 0 Å². The summed E-state index contributed by atoms with van der Waals surface area (Å²) >= 11 is 5.86. The highest BCUT2D eigenvalue weighted by atomic mass is 35.5. The van der Waals surface area contributed by atoms with Crippen LogP contribution in [0.3, 0.4) is 0 Å². The van der Waals surface area contributed by atoms with Crippen LogP contribution in [0.5, 0.6) is 0 Å². The highest BCUT2D eigenvalue weighted by molar-refractivity contribution is 6.30. The van der Waals surface area contributed by atoms with Crippen molar-refractivity contribution in [2.75, 3.05) is 6.61 Å². The van der Waals surface area contributed by atoms with Crippen molar-refractivity contribution in [2.24, 2.45) is 0 Å². The van der Waals surface area contributed by atoms with E-state index in [-0.39, 0.29) is 12.5 Å². The summed E-state index contributed by atoms with van der Waals surface area (Å²) in [5.41, 5.74) is 1.20. The van der Waals surface area contributed by atoms with Crippen LogP contribution in [0.4, 0.5) is 0 Å². The van der Waals surface area contributed by atoms with Crippen LogP contribution in [0, 0.1) is 0 Å². The predicted molar refractivity (Wildman–Crippen MR) is 74.7 cm³/mol. The molecule has 1 N–H and O–H groups in total. The van der Waals surface area contributed by atoms with E-state index in [1.54, 1.807) is 0 Å². The first-order valence-electron chi connectivity index (χ1n) is 6.64. The van der Waals surface area contributed by atoms with Crippen molar-refractivity contribution in [3.8, 4) is 0 Å². The minimum absolute atomic E-state index is 0.232. The topological polar surface area (TPSA) is 20.2 Å². The quantitative estimate of drug-likeness (QED) is 0.662. The van der Waals surface area contributed by atoms with Crippen molar-refractivity contribution in [2.45, 2.75) is 51.4 Å². The minimum Gasteiger partial charge on any atom is -0.396 e. The van der Waals surface area contributed by atoms with E-state index in [0.717, 1.165) is 11.4 Å². The Hall–Kier alpha value is -0.530. The van der Waals surface area contributed by atoms with Crippen LogP contribution in [-0.4, -0.2) is 11.7 Å². The Labute approximate surface area is 110 Å². The first-order chi connectivity index (χ1) is 8.27. The van der Waals surface area contributed by atoms with Crippen molar-refractivity contribution >= 4 is 11.6 Å². The highest BCUT2D eigenvalue weighted by Gasteiger charge is 2.09. The zero-order valence-electron chi connectivity index (χ0n) is 10.7. The second-order valence-corrected chi connectivity index (χ2v) is 5.07. The second kappa shape index (κ2) is 8.54. The molecule has 1 aromatic rings. The molecule has 0 spiro atoms. The van der Waals surface area contributed by atoms with Gasteiger partial charge in [-0.15, -0.1) is 0 Å². The molecule has 0 heterocycles. The van der Waals surface area contributed by atoms with E-state index in [2.05, 4.69) is 6.92 Å². The van der Waals surface area contributed by atoms with E-state index in [4.69, 9.17) is 11.6 Å². The lowest BCUT2D eigenvalue weighted by atomic mass is 9.94. The van der Waals surface area contributed by atoms with Gasteiger partial charge in [-0.1, -0.05) is 62.8 Å². The van der Waals surface area contributed by atoms with Crippen LogP contribution in [0.1, 0.15) is 56.9 Å². The number of hydrogen-bond donors (Lipinski definition) is 1. The fourth-order valence-corrected chi connectivity index (χ4v) is 2.22. The lowest BCUT2D eigenvalue weighted by Crippen LogP contribution is -2.04. The first-order valence-corrected chi connectivity index (χ1v) is 7.02. The molecule has 0 radical (unpaired) electrons. The molecule has 0 aliphatic rings. The number of unbranched alkanes of at least 4 members (excludes halogenated alkanes) is 4. The van der Waals surface area contributed by atoms with E-state index >= 15 is 0 Å². The van der Waals surface area contributed by atoms with Gasteiger partial charge >= 0.3 is 0 Å². The molecule has 0 bridgehead atoms. The average molecular weight is 255 g/mol. The van der Waals surface area contributed by atoms with E-state index in [0.29, 0.717) is 0 Å². The van der Waals surface area contributed by atoms with E-state index < -0.39 is 0 Å². The summed E-state index contributed by atoms with van der Waals surface area (Å²) in [6.07, 6.45) is 7.47. The van der Waals surface area contributed by atoms with Gasteiger partial charge in [0.15, 0.2) is 0 Å². The lowest BCUT2D eigenvalue weighted by molar-refractivity contribution is 0.256. The number of halogens is 1. The SMILES string of the molecule is CCCCCCCC(CO)c1ccc(Cl)cc1. The van der Waals surface area contributed by atoms with Gasteiger partial charge in [0.25, 0.3) is 0 Å². The zero-order valence-corrected chi connectivity index (χ0v) is 11.4. The summed E-state index contributed by atoms with van der Waals surface area (Å²) in [4.78, 5) is 0. The molecule has 17 heavy (non-hydrogen) atoms. The van der Waals surface area contributed by atoms with Gasteiger partial charge < -0.3 is 5.11 Å². The smallest absolute Gasteiger partial charge is 0.0499 e. The van der Waals surface area contributed by atoms with Crippen LogP contribution >= 0.6 is 11.6 Å². The molecule has 0 aromatic heterocycles. The highest BCUT2D eigenvalue weighted by Crippen LogP contribution is 2.23. The molecule has 96 valence electrons. The molecule has 0 amide bonds. The second-order valence-electron chi connectivity index (χ2n) is 4.63. The summed E-state index contributed by atoms with van der Waals surface area (Å²) in [7, 11) is 0. The number of benzene rings is 1. The monoisotopic (exact) mass is 254 g/mol. The molecule has 1 atom stereocenters. The van der Waals surface area contributed by atoms with Gasteiger partial charge in [0.2, 0.25) is 0 Å². The van der Waals surface area contributed by atoms with Crippen molar-refractivity contribution in [1.29, 1.82) is 0 Å². The standard InChI is InChI=1S/C15H23ClO/c1-2-3-4-5-6-7-14(12-17)13-8-10-15(16)11-9-13/h8-11,14,17H,2-7,12H2,1H3. The molecular formula is C15H23ClO. The number of aliphatic hydroxyl groups is 1. The predicted octanol–water partition coefficient (Wildman–Crippen LogP) is 4.78. The van der Waals surface area contributed by atoms with Crippen LogP contribution < -0.4 is 0 Å². The van der Waals surface area contributed by atoms with Gasteiger partial charge in [0.1, 0.15) is 0 Å². The molecule has 0 saturated carbocycles. The molecule has 0 aliphatic heterocycles. The average Bonchev–Trinajstić information content (AvgIpc) is 2.35. The largest absolute Gasteiger partial charge is 0.396 e. The van der Waals surface area contributed by atoms with E-state index in [1.165, 1.54) is 37.7 Å². The van der Waals surface area contributed by atoms with Gasteiger partial charge in [-0.2, -0.15) is 0 Å². The van der Waals surface area contributed by atoms with Crippen LogP contribution in [0.2, 0.25) is 5.02 Å². The Bertz CT molecular complexity index is 294. The number of aliphatic hydroxyl groups excluding tert-OH is 1. The van der Waals surface area contributed by atoms with Crippen molar-refractivity contribution in [3.63, 3.8) is 0 Å². The maximum atomic E-state index is 9.42. The molecule has 1 unspecified atom stereocenters. The third kappa shape index (κ3) is 5.56. The summed E-state index contributed by atoms with van der Waals surface area (Å²) in [6.45, 7) is 2.46. The number of hydrogen-bond acceptors (Lipinski definition) is 1. The van der Waals surface area contributed by atoms with Gasteiger partial charge in [0, 0.05) is 17.5 Å². The molecule has 0 saturated heterocycles. The van der Waals surface area contributed by atoms with Crippen LogP contribution in [0.15, 0.2) is 24.3 Å². The van der Waals surface area contributed by atoms with Gasteiger partial charge in [0.05, 0.1) is 0 Å². The Kier molecular flexibility index (Phi) is 7.30. The summed E-state index contributed by atoms with van der Waals surface area (Å²) < 4.78 is 0. The van der Waals surface area contributed by atoms with Crippen LogP contribution in [-0.2, 0) is 0 Å². The summed E-state index contributed by atoms with van der Waals surface area (Å²) in [5, 5.41) is 10.2. The van der Waals surface area contributed by atoms with Crippen molar-refractivity contribution < 1.29 is 5.11 Å². The molecular weight excluding hydrogens is 232 g/mol. The van der Waals surface area contributed by atoms with Crippen LogP contribution in [0.25, 0.3) is 0 Å². The molecule has 0 fully saturated rings. The summed E-state index contributed by atoms with van der Waals surface area (Å²) in [5.74, 6) is 0.272.